The monoisotopic (exact) mass is 254 g/mol. The lowest BCUT2D eigenvalue weighted by Crippen LogP contribution is -2.15. The van der Waals surface area contributed by atoms with Crippen molar-refractivity contribution in [1.82, 2.24) is 0 Å². The van der Waals surface area contributed by atoms with Gasteiger partial charge in [0.15, 0.2) is 0 Å². The summed E-state index contributed by atoms with van der Waals surface area (Å²) in [7, 11) is 0. The zero-order chi connectivity index (χ0) is 14.3. The molecule has 0 fully saturated rings. The van der Waals surface area contributed by atoms with Crippen molar-refractivity contribution in [3.05, 3.63) is 60.7 Å². The molecule has 1 heteroatoms. The number of benzene rings is 2. The topological polar surface area (TPSA) is 17.1 Å². The largest absolute Gasteiger partial charge is 0.299 e. The van der Waals surface area contributed by atoms with Gasteiger partial charge >= 0.3 is 0 Å². The Labute approximate surface area is 116 Å². The molecule has 0 aliphatic carbocycles. The molecule has 0 bridgehead atoms. The van der Waals surface area contributed by atoms with Crippen molar-refractivity contribution >= 4 is 5.78 Å². The van der Waals surface area contributed by atoms with Crippen LogP contribution in [0.2, 0.25) is 0 Å². The molecule has 0 unspecified atom stereocenters. The average molecular weight is 254 g/mol. The maximum absolute atomic E-state index is 10.5. The molecule has 0 aliphatic rings. The van der Waals surface area contributed by atoms with Gasteiger partial charge in [-0.1, -0.05) is 81.4 Å². The standard InChI is InChI=1S/C12H10.C6H12O/c1-3-7-11(8-4-1)12-9-5-2-6-10-12;1-5(7)6(2,3)4/h1-10H;1-4H3. The Bertz CT molecular complexity index is 455. The Kier molecular flexibility index (Phi) is 5.50. The number of Topliss-reactive ketones (excluding diaryl/α,β-unsaturated/α-hetero) is 1. The maximum atomic E-state index is 10.5. The van der Waals surface area contributed by atoms with Crippen LogP contribution in [0.5, 0.6) is 0 Å². The summed E-state index contributed by atoms with van der Waals surface area (Å²) >= 11 is 0. The van der Waals surface area contributed by atoms with Gasteiger partial charge in [-0.25, -0.2) is 0 Å². The van der Waals surface area contributed by atoms with Crippen molar-refractivity contribution in [3.63, 3.8) is 0 Å². The van der Waals surface area contributed by atoms with E-state index in [9.17, 15) is 4.79 Å². The van der Waals surface area contributed by atoms with Gasteiger partial charge in [0.05, 0.1) is 0 Å². The van der Waals surface area contributed by atoms with E-state index in [1.807, 2.05) is 32.9 Å². The Morgan fingerprint density at radius 2 is 1.00 bits per heavy atom. The predicted octanol–water partition coefficient (Wildman–Crippen LogP) is 4.98. The molecule has 0 saturated carbocycles. The fraction of sp³-hybridized carbons (Fsp3) is 0.278. The first kappa shape index (κ1) is 15.2. The predicted molar refractivity (Wildman–Crippen MR) is 82.0 cm³/mol. The van der Waals surface area contributed by atoms with Crippen LogP contribution < -0.4 is 0 Å². The van der Waals surface area contributed by atoms with Crippen molar-refractivity contribution in [2.24, 2.45) is 5.41 Å². The van der Waals surface area contributed by atoms with Crippen LogP contribution >= 0.6 is 0 Å². The average Bonchev–Trinajstić information content (AvgIpc) is 2.40. The Morgan fingerprint density at radius 1 is 0.737 bits per heavy atom. The SMILES string of the molecule is CC(=O)C(C)(C)C.c1ccc(-c2ccccc2)cc1. The minimum Gasteiger partial charge on any atom is -0.299 e. The van der Waals surface area contributed by atoms with Crippen molar-refractivity contribution in [2.75, 3.05) is 0 Å². The minimum absolute atomic E-state index is 0.139. The van der Waals surface area contributed by atoms with Crippen LogP contribution in [-0.4, -0.2) is 5.78 Å². The molecule has 2 rings (SSSR count). The zero-order valence-corrected chi connectivity index (χ0v) is 12.2. The molecular weight excluding hydrogens is 232 g/mol. The molecule has 100 valence electrons. The summed E-state index contributed by atoms with van der Waals surface area (Å²) in [6, 6.07) is 20.8. The van der Waals surface area contributed by atoms with Gasteiger partial charge in [-0.15, -0.1) is 0 Å². The zero-order valence-electron chi connectivity index (χ0n) is 12.2. The van der Waals surface area contributed by atoms with Gasteiger partial charge in [0.1, 0.15) is 5.78 Å². The first-order valence-corrected chi connectivity index (χ1v) is 6.53. The van der Waals surface area contributed by atoms with Crippen molar-refractivity contribution < 1.29 is 4.79 Å². The van der Waals surface area contributed by atoms with Crippen LogP contribution in [0.1, 0.15) is 27.7 Å². The van der Waals surface area contributed by atoms with Gasteiger partial charge in [0.2, 0.25) is 0 Å². The number of carbonyl (C=O) groups is 1. The molecule has 2 aromatic carbocycles. The molecule has 0 aromatic heterocycles. The van der Waals surface area contributed by atoms with Crippen LogP contribution in [0.25, 0.3) is 11.1 Å². The van der Waals surface area contributed by atoms with Crippen molar-refractivity contribution in [1.29, 1.82) is 0 Å². The summed E-state index contributed by atoms with van der Waals surface area (Å²) in [5.74, 6) is 0.243. The lowest BCUT2D eigenvalue weighted by Gasteiger charge is -2.11. The van der Waals surface area contributed by atoms with E-state index in [-0.39, 0.29) is 11.2 Å². The molecule has 0 radical (unpaired) electrons. The third kappa shape index (κ3) is 5.52. The van der Waals surface area contributed by atoms with Crippen LogP contribution in [0.4, 0.5) is 0 Å². The maximum Gasteiger partial charge on any atom is 0.135 e. The fourth-order valence-electron chi connectivity index (χ4n) is 1.26. The fourth-order valence-corrected chi connectivity index (χ4v) is 1.26. The van der Waals surface area contributed by atoms with Crippen LogP contribution in [0.15, 0.2) is 60.7 Å². The first-order valence-electron chi connectivity index (χ1n) is 6.53. The van der Waals surface area contributed by atoms with E-state index in [0.29, 0.717) is 0 Å². The lowest BCUT2D eigenvalue weighted by atomic mass is 9.92. The summed E-state index contributed by atoms with van der Waals surface area (Å²) in [5, 5.41) is 0. The number of hydrogen-bond donors (Lipinski definition) is 0. The Morgan fingerprint density at radius 3 is 1.21 bits per heavy atom. The summed E-state index contributed by atoms with van der Waals surface area (Å²) in [6.45, 7) is 7.35. The highest BCUT2D eigenvalue weighted by Crippen LogP contribution is 2.17. The van der Waals surface area contributed by atoms with E-state index < -0.39 is 0 Å². The van der Waals surface area contributed by atoms with Crippen LogP contribution in [-0.2, 0) is 4.79 Å². The minimum atomic E-state index is -0.139. The highest BCUT2D eigenvalue weighted by molar-refractivity contribution is 5.80. The van der Waals surface area contributed by atoms with Gasteiger partial charge in [-0.2, -0.15) is 0 Å². The summed E-state index contributed by atoms with van der Waals surface area (Å²) in [6.07, 6.45) is 0. The summed E-state index contributed by atoms with van der Waals surface area (Å²) in [4.78, 5) is 10.5. The van der Waals surface area contributed by atoms with E-state index in [4.69, 9.17) is 0 Å². The second-order valence-electron chi connectivity index (χ2n) is 5.54. The second-order valence-corrected chi connectivity index (χ2v) is 5.54. The molecule has 0 amide bonds. The van der Waals surface area contributed by atoms with E-state index >= 15 is 0 Å². The third-order valence-corrected chi connectivity index (χ3v) is 2.94. The summed E-state index contributed by atoms with van der Waals surface area (Å²) < 4.78 is 0. The molecule has 0 heterocycles. The number of ketones is 1. The highest BCUT2D eigenvalue weighted by Gasteiger charge is 2.14. The van der Waals surface area contributed by atoms with Crippen molar-refractivity contribution in [2.45, 2.75) is 27.7 Å². The molecular formula is C18H22O. The second kappa shape index (κ2) is 6.89. The van der Waals surface area contributed by atoms with Gasteiger partial charge in [-0.3, -0.25) is 4.79 Å². The van der Waals surface area contributed by atoms with E-state index in [1.165, 1.54) is 11.1 Å². The molecule has 0 atom stereocenters. The summed E-state index contributed by atoms with van der Waals surface area (Å²) in [5.41, 5.74) is 2.41. The molecule has 19 heavy (non-hydrogen) atoms. The lowest BCUT2D eigenvalue weighted by molar-refractivity contribution is -0.124. The van der Waals surface area contributed by atoms with Crippen LogP contribution in [0, 0.1) is 5.41 Å². The van der Waals surface area contributed by atoms with Gasteiger partial charge < -0.3 is 0 Å². The molecule has 0 spiro atoms. The third-order valence-electron chi connectivity index (χ3n) is 2.94. The first-order chi connectivity index (χ1) is 8.91. The highest BCUT2D eigenvalue weighted by atomic mass is 16.1. The van der Waals surface area contributed by atoms with Gasteiger partial charge in [0.25, 0.3) is 0 Å². The molecule has 1 nitrogen and oxygen atoms in total. The molecule has 0 N–H and O–H groups in total. The van der Waals surface area contributed by atoms with Crippen LogP contribution in [0.3, 0.4) is 0 Å². The normalized spacial score (nSPS) is 10.3. The number of rotatable bonds is 1. The molecule has 2 aromatic rings. The number of carbonyl (C=O) groups excluding carboxylic acids is 1. The van der Waals surface area contributed by atoms with Crippen molar-refractivity contribution in [3.8, 4) is 11.1 Å². The Balaban J connectivity index is 0.000000224. The number of hydrogen-bond acceptors (Lipinski definition) is 1. The van der Waals surface area contributed by atoms with E-state index in [0.717, 1.165) is 0 Å². The van der Waals surface area contributed by atoms with Gasteiger partial charge in [0, 0.05) is 5.41 Å². The molecule has 0 aliphatic heterocycles. The van der Waals surface area contributed by atoms with E-state index in [2.05, 4.69) is 48.5 Å². The van der Waals surface area contributed by atoms with E-state index in [1.54, 1.807) is 6.92 Å². The molecule has 0 saturated heterocycles. The van der Waals surface area contributed by atoms with Gasteiger partial charge in [-0.05, 0) is 18.1 Å². The smallest absolute Gasteiger partial charge is 0.135 e. The quantitative estimate of drug-likeness (QED) is 0.701. The Hall–Kier alpha value is -1.89.